The molecule has 0 amide bonds. The first-order chi connectivity index (χ1) is 8.85. The molecular weight excluding hydrogens is 320 g/mol. The molecule has 0 aliphatic rings. The minimum atomic E-state index is -1.00. The van der Waals surface area contributed by atoms with E-state index in [2.05, 4.69) is 59.7 Å². The van der Waals surface area contributed by atoms with Gasteiger partial charge in [-0.1, -0.05) is 35.6 Å². The van der Waals surface area contributed by atoms with E-state index in [4.69, 9.17) is 4.74 Å². The Morgan fingerprint density at radius 1 is 1.32 bits per heavy atom. The van der Waals surface area contributed by atoms with Crippen LogP contribution in [-0.4, -0.2) is 24.5 Å². The van der Waals surface area contributed by atoms with E-state index < -0.39 is 8.07 Å². The molecule has 0 aliphatic carbocycles. The fraction of sp³-hybridized carbons (Fsp3) is 0.500. The Kier molecular flexibility index (Phi) is 4.48. The average Bonchev–Trinajstić information content (AvgIpc) is 2.66. The van der Waals surface area contributed by atoms with Crippen LogP contribution in [0.2, 0.25) is 25.7 Å². The third kappa shape index (κ3) is 4.16. The number of ether oxygens (including phenoxy) is 1. The fourth-order valence-electron chi connectivity index (χ4n) is 1.80. The Hall–Kier alpha value is -0.653. The highest BCUT2D eigenvalue weighted by Crippen LogP contribution is 2.22. The van der Waals surface area contributed by atoms with Crippen molar-refractivity contribution in [2.75, 3.05) is 6.61 Å². The van der Waals surface area contributed by atoms with Gasteiger partial charge in [0.1, 0.15) is 6.73 Å². The van der Waals surface area contributed by atoms with Crippen LogP contribution in [0.15, 0.2) is 22.8 Å². The van der Waals surface area contributed by atoms with Gasteiger partial charge in [0.2, 0.25) is 0 Å². The van der Waals surface area contributed by atoms with Gasteiger partial charge in [-0.15, -0.1) is 0 Å². The third-order valence-corrected chi connectivity index (χ3v) is 5.61. The molecule has 1 aromatic carbocycles. The summed E-state index contributed by atoms with van der Waals surface area (Å²) < 4.78 is 8.71. The zero-order valence-electron chi connectivity index (χ0n) is 12.0. The van der Waals surface area contributed by atoms with Gasteiger partial charge in [0.25, 0.3) is 0 Å². The summed E-state index contributed by atoms with van der Waals surface area (Å²) in [5.74, 6) is 0. The second kappa shape index (κ2) is 5.77. The number of hydrogen-bond donors (Lipinski definition) is 0. The highest BCUT2D eigenvalue weighted by Gasteiger charge is 2.12. The molecule has 0 aliphatic heterocycles. The zero-order chi connectivity index (χ0) is 14.0. The van der Waals surface area contributed by atoms with Crippen LogP contribution < -0.4 is 0 Å². The Labute approximate surface area is 124 Å². The number of aromatic nitrogens is 2. The highest BCUT2D eigenvalue weighted by atomic mass is 79.9. The molecule has 0 spiro atoms. The second-order valence-corrected chi connectivity index (χ2v) is 12.7. The normalized spacial score (nSPS) is 12.3. The maximum Gasteiger partial charge on any atom is 0.139 e. The van der Waals surface area contributed by atoms with Gasteiger partial charge in [0, 0.05) is 30.7 Å². The lowest BCUT2D eigenvalue weighted by Crippen LogP contribution is -2.22. The summed E-state index contributed by atoms with van der Waals surface area (Å²) >= 11 is 3.55. The molecule has 0 unspecified atom stereocenters. The maximum absolute atomic E-state index is 5.71. The Morgan fingerprint density at radius 3 is 2.74 bits per heavy atom. The van der Waals surface area contributed by atoms with Crippen molar-refractivity contribution < 1.29 is 4.74 Å². The number of fused-ring (bicyclic) bond motifs is 1. The first-order valence-corrected chi connectivity index (χ1v) is 11.1. The lowest BCUT2D eigenvalue weighted by atomic mass is 10.2. The molecule has 0 fully saturated rings. The molecular formula is C14H21BrN2OSi. The zero-order valence-corrected chi connectivity index (χ0v) is 14.6. The summed E-state index contributed by atoms with van der Waals surface area (Å²) in [6, 6.07) is 5.40. The van der Waals surface area contributed by atoms with E-state index >= 15 is 0 Å². The number of rotatable bonds is 5. The van der Waals surface area contributed by atoms with Gasteiger partial charge in [0.05, 0.1) is 5.52 Å². The van der Waals surface area contributed by atoms with Crippen molar-refractivity contribution in [1.29, 1.82) is 0 Å². The standard InChI is InChI=1S/C14H21BrN2OSi/c1-11-7-14-12(8-13(11)15)9-17(16-14)10-18-5-6-19(2,3)4/h7-9H,5-6,10H2,1-4H3. The van der Waals surface area contributed by atoms with Gasteiger partial charge < -0.3 is 4.74 Å². The van der Waals surface area contributed by atoms with Gasteiger partial charge in [-0.25, -0.2) is 4.68 Å². The number of benzene rings is 1. The highest BCUT2D eigenvalue weighted by molar-refractivity contribution is 9.10. The van der Waals surface area contributed by atoms with Crippen LogP contribution in [0.1, 0.15) is 5.56 Å². The number of aryl methyl sites for hydroxylation is 1. The van der Waals surface area contributed by atoms with E-state index in [-0.39, 0.29) is 0 Å². The molecule has 0 N–H and O–H groups in total. The van der Waals surface area contributed by atoms with E-state index in [1.807, 2.05) is 10.9 Å². The molecule has 1 heterocycles. The van der Waals surface area contributed by atoms with Crippen LogP contribution in [0.4, 0.5) is 0 Å². The quantitative estimate of drug-likeness (QED) is 0.595. The molecule has 0 bridgehead atoms. The summed E-state index contributed by atoms with van der Waals surface area (Å²) in [6.45, 7) is 10.5. The van der Waals surface area contributed by atoms with Gasteiger partial charge in [-0.05, 0) is 30.7 Å². The molecule has 2 rings (SSSR count). The lowest BCUT2D eigenvalue weighted by molar-refractivity contribution is 0.0791. The van der Waals surface area contributed by atoms with Crippen LogP contribution in [0.3, 0.4) is 0 Å². The van der Waals surface area contributed by atoms with Gasteiger partial charge in [-0.2, -0.15) is 5.10 Å². The smallest absolute Gasteiger partial charge is 0.139 e. The van der Waals surface area contributed by atoms with Crippen molar-refractivity contribution in [1.82, 2.24) is 9.78 Å². The molecule has 104 valence electrons. The van der Waals surface area contributed by atoms with Gasteiger partial charge in [-0.3, -0.25) is 0 Å². The van der Waals surface area contributed by atoms with E-state index in [1.165, 1.54) is 11.6 Å². The molecule has 0 radical (unpaired) electrons. The maximum atomic E-state index is 5.71. The van der Waals surface area contributed by atoms with Crippen molar-refractivity contribution in [2.24, 2.45) is 0 Å². The Morgan fingerprint density at radius 2 is 2.05 bits per heavy atom. The number of halogens is 1. The molecule has 3 nitrogen and oxygen atoms in total. The summed E-state index contributed by atoms with van der Waals surface area (Å²) in [4.78, 5) is 0. The van der Waals surface area contributed by atoms with E-state index in [0.717, 1.165) is 22.0 Å². The van der Waals surface area contributed by atoms with E-state index in [1.54, 1.807) is 0 Å². The second-order valence-electron chi connectivity index (χ2n) is 6.18. The molecule has 2 aromatic rings. The average molecular weight is 341 g/mol. The van der Waals surface area contributed by atoms with Crippen LogP contribution in [0.25, 0.3) is 10.9 Å². The summed E-state index contributed by atoms with van der Waals surface area (Å²) in [6.07, 6.45) is 2.04. The number of hydrogen-bond acceptors (Lipinski definition) is 2. The van der Waals surface area contributed by atoms with Crippen LogP contribution in [-0.2, 0) is 11.5 Å². The number of nitrogens with zero attached hydrogens (tertiary/aromatic N) is 2. The minimum Gasteiger partial charge on any atom is -0.360 e. The van der Waals surface area contributed by atoms with E-state index in [0.29, 0.717) is 6.73 Å². The summed E-state index contributed by atoms with van der Waals surface area (Å²) in [7, 11) is -1.00. The molecule has 0 saturated heterocycles. The third-order valence-electron chi connectivity index (χ3n) is 3.05. The predicted molar refractivity (Wildman–Crippen MR) is 86.3 cm³/mol. The molecule has 0 atom stereocenters. The summed E-state index contributed by atoms with van der Waals surface area (Å²) in [5.41, 5.74) is 2.23. The van der Waals surface area contributed by atoms with Crippen molar-refractivity contribution >= 4 is 34.9 Å². The molecule has 5 heteroatoms. The van der Waals surface area contributed by atoms with Crippen molar-refractivity contribution in [3.8, 4) is 0 Å². The van der Waals surface area contributed by atoms with Crippen LogP contribution >= 0.6 is 15.9 Å². The van der Waals surface area contributed by atoms with Crippen LogP contribution in [0.5, 0.6) is 0 Å². The largest absolute Gasteiger partial charge is 0.360 e. The Bertz CT molecular complexity index is 536. The van der Waals surface area contributed by atoms with Crippen molar-refractivity contribution in [3.63, 3.8) is 0 Å². The lowest BCUT2D eigenvalue weighted by Gasteiger charge is -2.15. The molecule has 0 saturated carbocycles. The monoisotopic (exact) mass is 340 g/mol. The van der Waals surface area contributed by atoms with Gasteiger partial charge >= 0.3 is 0 Å². The molecule has 19 heavy (non-hydrogen) atoms. The topological polar surface area (TPSA) is 27.1 Å². The van der Waals surface area contributed by atoms with Crippen LogP contribution in [0, 0.1) is 6.92 Å². The van der Waals surface area contributed by atoms with E-state index in [9.17, 15) is 0 Å². The van der Waals surface area contributed by atoms with Crippen molar-refractivity contribution in [2.45, 2.75) is 39.3 Å². The molecule has 1 aromatic heterocycles. The predicted octanol–water partition coefficient (Wildman–Crippen LogP) is 4.42. The van der Waals surface area contributed by atoms with Crippen molar-refractivity contribution in [3.05, 3.63) is 28.4 Å². The SMILES string of the molecule is Cc1cc2nn(COCC[Si](C)(C)C)cc2cc1Br. The summed E-state index contributed by atoms with van der Waals surface area (Å²) in [5, 5.41) is 5.68. The van der Waals surface area contributed by atoms with Gasteiger partial charge in [0.15, 0.2) is 0 Å². The first kappa shape index (κ1) is 14.7. The fourth-order valence-corrected chi connectivity index (χ4v) is 2.92. The minimum absolute atomic E-state index is 0.538. The first-order valence-electron chi connectivity index (χ1n) is 6.56. The Balaban J connectivity index is 1.98.